The van der Waals surface area contributed by atoms with Crippen molar-refractivity contribution >= 4 is 32.6 Å². The fourth-order valence-corrected chi connectivity index (χ4v) is 8.19. The van der Waals surface area contributed by atoms with E-state index in [4.69, 9.17) is 19.9 Å². The minimum atomic E-state index is 0.580. The maximum absolute atomic E-state index is 5.31. The molecule has 0 radical (unpaired) electrons. The molecule has 9 aromatic carbocycles. The van der Waals surface area contributed by atoms with Gasteiger partial charge < -0.3 is 0 Å². The zero-order valence-corrected chi connectivity index (χ0v) is 31.9. The predicted molar refractivity (Wildman–Crippen MR) is 242 cm³/mol. The molecule has 0 bridgehead atoms. The van der Waals surface area contributed by atoms with Gasteiger partial charge in [0.15, 0.2) is 17.5 Å². The third-order valence-electron chi connectivity index (χ3n) is 11.0. The second-order valence-electron chi connectivity index (χ2n) is 14.7. The molecule has 5 nitrogen and oxygen atoms in total. The molecule has 11 rings (SSSR count). The summed E-state index contributed by atoms with van der Waals surface area (Å²) in [4.78, 5) is 20.9. The second-order valence-corrected chi connectivity index (χ2v) is 14.7. The summed E-state index contributed by atoms with van der Waals surface area (Å²) in [5.74, 6) is 2.63. The van der Waals surface area contributed by atoms with Crippen molar-refractivity contribution in [2.75, 3.05) is 0 Å². The quantitative estimate of drug-likeness (QED) is 0.152. The van der Waals surface area contributed by atoms with Crippen LogP contribution in [0.15, 0.2) is 212 Å². The van der Waals surface area contributed by atoms with Crippen LogP contribution in [0, 0.1) is 0 Å². The number of fused-ring (bicyclic) bond motifs is 4. The third kappa shape index (κ3) is 6.32. The average molecular weight is 754 g/mol. The van der Waals surface area contributed by atoms with Gasteiger partial charge in [0.25, 0.3) is 0 Å². The Bertz CT molecular complexity index is 3300. The van der Waals surface area contributed by atoms with Gasteiger partial charge in [-0.05, 0) is 92.3 Å². The highest BCUT2D eigenvalue weighted by Crippen LogP contribution is 2.40. The molecule has 2 heterocycles. The monoisotopic (exact) mass is 753 g/mol. The molecule has 0 atom stereocenters. The Kier molecular flexibility index (Phi) is 8.41. The summed E-state index contributed by atoms with van der Waals surface area (Å²) in [6, 6.07) is 74.1. The summed E-state index contributed by atoms with van der Waals surface area (Å²) >= 11 is 0. The zero-order valence-electron chi connectivity index (χ0n) is 31.9. The van der Waals surface area contributed by atoms with Crippen LogP contribution >= 0.6 is 0 Å². The van der Waals surface area contributed by atoms with Crippen LogP contribution in [-0.4, -0.2) is 24.5 Å². The molecule has 0 aliphatic carbocycles. The molecule has 0 saturated heterocycles. The third-order valence-corrected chi connectivity index (χ3v) is 11.0. The first-order valence-corrected chi connectivity index (χ1v) is 19.8. The fraction of sp³-hybridized carbons (Fsp3) is 0. The van der Waals surface area contributed by atoms with Gasteiger partial charge in [0.2, 0.25) is 0 Å². The van der Waals surface area contributed by atoms with Crippen LogP contribution in [0.4, 0.5) is 0 Å². The molecule has 0 saturated carbocycles. The highest BCUT2D eigenvalue weighted by molar-refractivity contribution is 6.14. The van der Waals surface area contributed by atoms with E-state index in [-0.39, 0.29) is 0 Å². The Morgan fingerprint density at radius 3 is 1.53 bits per heavy atom. The van der Waals surface area contributed by atoms with Crippen molar-refractivity contribution in [3.63, 3.8) is 0 Å². The van der Waals surface area contributed by atoms with Crippen LogP contribution in [0.1, 0.15) is 0 Å². The highest BCUT2D eigenvalue weighted by Gasteiger charge is 2.20. The Balaban J connectivity index is 1.18. The molecule has 0 aliphatic heterocycles. The number of imidazole rings is 1. The van der Waals surface area contributed by atoms with Gasteiger partial charge in [-0.25, -0.2) is 19.9 Å². The molecular formula is C54H35N5. The van der Waals surface area contributed by atoms with Crippen LogP contribution < -0.4 is 0 Å². The van der Waals surface area contributed by atoms with E-state index in [1.54, 1.807) is 0 Å². The van der Waals surface area contributed by atoms with Crippen LogP contribution in [0.2, 0.25) is 0 Å². The maximum atomic E-state index is 5.31. The van der Waals surface area contributed by atoms with E-state index in [9.17, 15) is 0 Å². The summed E-state index contributed by atoms with van der Waals surface area (Å²) in [5.41, 5.74) is 11.1. The minimum absolute atomic E-state index is 0.580. The lowest BCUT2D eigenvalue weighted by molar-refractivity contribution is 1.07. The number of rotatable bonds is 7. The van der Waals surface area contributed by atoms with E-state index in [1.165, 1.54) is 21.5 Å². The fourth-order valence-electron chi connectivity index (χ4n) is 8.19. The summed E-state index contributed by atoms with van der Waals surface area (Å²) in [6.45, 7) is 0. The largest absolute Gasteiger partial charge is 0.292 e. The van der Waals surface area contributed by atoms with Crippen molar-refractivity contribution in [1.82, 2.24) is 24.5 Å². The van der Waals surface area contributed by atoms with Gasteiger partial charge in [0.05, 0.1) is 11.0 Å². The summed E-state index contributed by atoms with van der Waals surface area (Å²) in [5, 5.41) is 4.78. The number of hydrogen-bond acceptors (Lipinski definition) is 4. The summed E-state index contributed by atoms with van der Waals surface area (Å²) in [6.07, 6.45) is 0. The van der Waals surface area contributed by atoms with Gasteiger partial charge in [0.1, 0.15) is 5.82 Å². The summed E-state index contributed by atoms with van der Waals surface area (Å²) in [7, 11) is 0. The van der Waals surface area contributed by atoms with E-state index in [2.05, 4.69) is 168 Å². The van der Waals surface area contributed by atoms with E-state index < -0.39 is 0 Å². The van der Waals surface area contributed by atoms with Crippen LogP contribution in [0.5, 0.6) is 0 Å². The van der Waals surface area contributed by atoms with Gasteiger partial charge >= 0.3 is 0 Å². The Hall–Kier alpha value is -8.02. The molecule has 0 aliphatic rings. The lowest BCUT2D eigenvalue weighted by atomic mass is 9.91. The van der Waals surface area contributed by atoms with Crippen molar-refractivity contribution in [3.8, 4) is 73.5 Å². The Labute approximate surface area is 341 Å². The molecule has 0 spiro atoms. The van der Waals surface area contributed by atoms with Crippen LogP contribution in [0.25, 0.3) is 106 Å². The first kappa shape index (κ1) is 34.2. The molecule has 0 N–H and O–H groups in total. The number of benzene rings is 9. The molecule has 0 amide bonds. The number of hydrogen-bond donors (Lipinski definition) is 0. The van der Waals surface area contributed by atoms with Crippen molar-refractivity contribution < 1.29 is 0 Å². The Morgan fingerprint density at radius 2 is 0.797 bits per heavy atom. The van der Waals surface area contributed by atoms with Gasteiger partial charge in [-0.2, -0.15) is 0 Å². The van der Waals surface area contributed by atoms with Crippen molar-refractivity contribution in [3.05, 3.63) is 212 Å². The molecule has 0 fully saturated rings. The van der Waals surface area contributed by atoms with Gasteiger partial charge in [0, 0.05) is 27.9 Å². The molecule has 11 aromatic rings. The lowest BCUT2D eigenvalue weighted by Gasteiger charge is -2.16. The van der Waals surface area contributed by atoms with Crippen molar-refractivity contribution in [2.45, 2.75) is 0 Å². The van der Waals surface area contributed by atoms with E-state index >= 15 is 0 Å². The first-order valence-electron chi connectivity index (χ1n) is 19.8. The smallest absolute Gasteiger partial charge is 0.164 e. The lowest BCUT2D eigenvalue weighted by Crippen LogP contribution is -2.01. The van der Waals surface area contributed by atoms with Gasteiger partial charge in [-0.3, -0.25) is 4.57 Å². The number of para-hydroxylation sites is 3. The van der Waals surface area contributed by atoms with E-state index in [0.717, 1.165) is 67.1 Å². The zero-order chi connectivity index (χ0) is 39.1. The van der Waals surface area contributed by atoms with E-state index in [1.807, 2.05) is 48.5 Å². The van der Waals surface area contributed by atoms with Crippen LogP contribution in [0.3, 0.4) is 0 Å². The topological polar surface area (TPSA) is 56.5 Å². The minimum Gasteiger partial charge on any atom is -0.292 e. The van der Waals surface area contributed by atoms with Crippen LogP contribution in [-0.2, 0) is 0 Å². The molecule has 2 aromatic heterocycles. The number of aromatic nitrogens is 5. The molecule has 0 unspecified atom stereocenters. The normalized spacial score (nSPS) is 11.4. The Morgan fingerprint density at radius 1 is 0.305 bits per heavy atom. The standard InChI is InChI=1S/C54H35N5/c1-4-16-36(17-5-1)37-28-30-39(31-29-37)52-56-51(38-18-6-2-7-19-38)57-53(58-52)42-32-41(48-35-40-20-10-11-23-45(40)46-24-12-13-25-47(46)48)33-43(34-42)54-55-49-26-14-15-27-50(49)59(54)44-21-8-3-9-22-44/h1-35H. The number of nitrogens with zero attached hydrogens (tertiary/aromatic N) is 5. The highest BCUT2D eigenvalue weighted by atomic mass is 15.1. The first-order chi connectivity index (χ1) is 29.2. The second kappa shape index (κ2) is 14.5. The van der Waals surface area contributed by atoms with Crippen molar-refractivity contribution in [2.24, 2.45) is 0 Å². The molecule has 59 heavy (non-hydrogen) atoms. The molecule has 276 valence electrons. The molecular weight excluding hydrogens is 719 g/mol. The maximum Gasteiger partial charge on any atom is 0.164 e. The van der Waals surface area contributed by atoms with Gasteiger partial charge in [-0.1, -0.05) is 164 Å². The van der Waals surface area contributed by atoms with Gasteiger partial charge in [-0.15, -0.1) is 0 Å². The summed E-state index contributed by atoms with van der Waals surface area (Å²) < 4.78 is 2.25. The molecule has 5 heteroatoms. The predicted octanol–water partition coefficient (Wildman–Crippen LogP) is 13.5. The SMILES string of the molecule is c1ccc(-c2ccc(-c3nc(-c4ccccc4)nc(-c4cc(-c5cc6ccccc6c6ccccc56)cc(-c5nc6ccccc6n5-c5ccccc5)c4)n3)cc2)cc1. The van der Waals surface area contributed by atoms with E-state index in [0.29, 0.717) is 17.5 Å². The average Bonchev–Trinajstić information content (AvgIpc) is 3.72. The van der Waals surface area contributed by atoms with Crippen molar-refractivity contribution in [1.29, 1.82) is 0 Å².